The number of benzene rings is 1. The minimum atomic E-state index is -0.293. The van der Waals surface area contributed by atoms with Crippen molar-refractivity contribution in [3.05, 3.63) is 28.9 Å². The van der Waals surface area contributed by atoms with Crippen molar-refractivity contribution < 1.29 is 9.53 Å². The molecule has 0 radical (unpaired) electrons. The largest absolute Gasteiger partial charge is 0.461 e. The van der Waals surface area contributed by atoms with Crippen molar-refractivity contribution in [3.63, 3.8) is 0 Å². The highest BCUT2D eigenvalue weighted by molar-refractivity contribution is 7.99. The molecule has 0 bridgehead atoms. The van der Waals surface area contributed by atoms with Gasteiger partial charge in [-0.05, 0) is 43.9 Å². The van der Waals surface area contributed by atoms with Crippen molar-refractivity contribution in [3.8, 4) is 0 Å². The van der Waals surface area contributed by atoms with Gasteiger partial charge in [0.2, 0.25) is 0 Å². The second kappa shape index (κ2) is 5.70. The Bertz CT molecular complexity index is 649. The Labute approximate surface area is 127 Å². The van der Waals surface area contributed by atoms with E-state index >= 15 is 0 Å². The highest BCUT2D eigenvalue weighted by Gasteiger charge is 2.25. The van der Waals surface area contributed by atoms with E-state index in [1.54, 1.807) is 11.8 Å². The molecule has 0 saturated heterocycles. The monoisotopic (exact) mass is 309 g/mol. The van der Waals surface area contributed by atoms with E-state index in [0.29, 0.717) is 17.3 Å². The van der Waals surface area contributed by atoms with Gasteiger partial charge in [-0.15, -0.1) is 11.8 Å². The summed E-state index contributed by atoms with van der Waals surface area (Å²) < 4.78 is 5.13. The van der Waals surface area contributed by atoms with Crippen molar-refractivity contribution in [1.29, 1.82) is 0 Å². The lowest BCUT2D eigenvalue weighted by atomic mass is 10.2. The maximum absolute atomic E-state index is 12.1. The first-order chi connectivity index (χ1) is 9.69. The molecule has 5 heteroatoms. The summed E-state index contributed by atoms with van der Waals surface area (Å²) in [5.74, 6) is 1.54. The number of esters is 1. The van der Waals surface area contributed by atoms with E-state index in [1.165, 1.54) is 12.8 Å². The van der Waals surface area contributed by atoms with Gasteiger partial charge in [0.25, 0.3) is 0 Å². The van der Waals surface area contributed by atoms with Crippen LogP contribution in [-0.4, -0.2) is 23.3 Å². The molecule has 1 aromatic heterocycles. The maximum Gasteiger partial charge on any atom is 0.355 e. The lowest BCUT2D eigenvalue weighted by molar-refractivity contribution is 0.0516. The summed E-state index contributed by atoms with van der Waals surface area (Å²) in [4.78, 5) is 16.2. The molecule has 1 aliphatic rings. The Morgan fingerprint density at radius 2 is 2.30 bits per heavy atom. The van der Waals surface area contributed by atoms with Gasteiger partial charge >= 0.3 is 5.97 Å². The molecule has 0 aliphatic heterocycles. The number of aromatic nitrogens is 1. The summed E-state index contributed by atoms with van der Waals surface area (Å²) in [6.45, 7) is 2.19. The summed E-state index contributed by atoms with van der Waals surface area (Å²) >= 11 is 7.80. The molecule has 0 unspecified atom stereocenters. The van der Waals surface area contributed by atoms with Crippen molar-refractivity contribution >= 4 is 40.2 Å². The summed E-state index contributed by atoms with van der Waals surface area (Å²) in [6, 6.07) is 5.64. The molecule has 106 valence electrons. The second-order valence-electron chi connectivity index (χ2n) is 4.99. The second-order valence-corrected chi connectivity index (χ2v) is 6.46. The number of aromatic amines is 1. The Kier molecular flexibility index (Phi) is 3.94. The predicted octanol–water partition coefficient (Wildman–Crippen LogP) is 4.50. The third-order valence-electron chi connectivity index (χ3n) is 3.35. The molecule has 0 atom stereocenters. The van der Waals surface area contributed by atoms with Gasteiger partial charge in [0, 0.05) is 26.6 Å². The summed E-state index contributed by atoms with van der Waals surface area (Å²) in [7, 11) is 0. The number of nitrogens with one attached hydrogen (secondary N) is 1. The van der Waals surface area contributed by atoms with Crippen LogP contribution in [0.1, 0.15) is 30.3 Å². The third kappa shape index (κ3) is 2.81. The lowest BCUT2D eigenvalue weighted by Crippen LogP contribution is -2.06. The summed E-state index contributed by atoms with van der Waals surface area (Å²) in [5, 5.41) is 1.69. The minimum Gasteiger partial charge on any atom is -0.461 e. The standard InChI is InChI=1S/C15H16ClNO2S/c1-2-19-15(18)13-14(20-8-9-3-4-9)11-7-10(16)5-6-12(11)17-13/h5-7,9,17H,2-4,8H2,1H3. The molecule has 0 amide bonds. The van der Waals surface area contributed by atoms with Gasteiger partial charge in [0.15, 0.2) is 0 Å². The molecule has 0 spiro atoms. The van der Waals surface area contributed by atoms with Crippen molar-refractivity contribution in [1.82, 2.24) is 4.98 Å². The molecule has 3 rings (SSSR count). The average Bonchev–Trinajstić information content (AvgIpc) is 3.18. The maximum atomic E-state index is 12.1. The zero-order chi connectivity index (χ0) is 14.1. The fraction of sp³-hybridized carbons (Fsp3) is 0.400. The van der Waals surface area contributed by atoms with Crippen LogP contribution in [0.3, 0.4) is 0 Å². The first-order valence-electron chi connectivity index (χ1n) is 6.80. The quantitative estimate of drug-likeness (QED) is 0.653. The van der Waals surface area contributed by atoms with Crippen LogP contribution in [0.25, 0.3) is 10.9 Å². The molecule has 20 heavy (non-hydrogen) atoms. The molecule has 1 fully saturated rings. The summed E-state index contributed by atoms with van der Waals surface area (Å²) in [6.07, 6.45) is 2.59. The van der Waals surface area contributed by atoms with Crippen LogP contribution < -0.4 is 0 Å². The van der Waals surface area contributed by atoms with Crippen LogP contribution in [0.15, 0.2) is 23.1 Å². The van der Waals surface area contributed by atoms with E-state index < -0.39 is 0 Å². The minimum absolute atomic E-state index is 0.293. The number of H-pyrrole nitrogens is 1. The van der Waals surface area contributed by atoms with Crippen LogP contribution in [0, 0.1) is 5.92 Å². The van der Waals surface area contributed by atoms with Gasteiger partial charge < -0.3 is 9.72 Å². The smallest absolute Gasteiger partial charge is 0.355 e. The first-order valence-corrected chi connectivity index (χ1v) is 8.16. The molecule has 1 N–H and O–H groups in total. The highest BCUT2D eigenvalue weighted by atomic mass is 35.5. The van der Waals surface area contributed by atoms with E-state index in [1.807, 2.05) is 25.1 Å². The number of rotatable bonds is 5. The van der Waals surface area contributed by atoms with E-state index in [4.69, 9.17) is 16.3 Å². The number of hydrogen-bond donors (Lipinski definition) is 1. The topological polar surface area (TPSA) is 42.1 Å². The molecule has 1 saturated carbocycles. The molecule has 3 nitrogen and oxygen atoms in total. The number of ether oxygens (including phenoxy) is 1. The number of carbonyl (C=O) groups is 1. The molecule has 1 aliphatic carbocycles. The van der Waals surface area contributed by atoms with Crippen molar-refractivity contribution in [2.24, 2.45) is 5.92 Å². The lowest BCUT2D eigenvalue weighted by Gasteiger charge is -2.04. The number of thioether (sulfide) groups is 1. The summed E-state index contributed by atoms with van der Waals surface area (Å²) in [5.41, 5.74) is 1.48. The number of hydrogen-bond acceptors (Lipinski definition) is 3. The predicted molar refractivity (Wildman–Crippen MR) is 82.7 cm³/mol. The molecular formula is C15H16ClNO2S. The van der Waals surface area contributed by atoms with E-state index in [0.717, 1.165) is 27.5 Å². The Hall–Kier alpha value is -1.13. The van der Waals surface area contributed by atoms with Gasteiger partial charge in [0.05, 0.1) is 6.61 Å². The van der Waals surface area contributed by atoms with E-state index in [9.17, 15) is 4.79 Å². The normalized spacial score (nSPS) is 14.7. The molecular weight excluding hydrogens is 294 g/mol. The number of fused-ring (bicyclic) bond motifs is 1. The molecule has 2 aromatic rings. The van der Waals surface area contributed by atoms with Crippen molar-refractivity contribution in [2.75, 3.05) is 12.4 Å². The van der Waals surface area contributed by atoms with E-state index in [2.05, 4.69) is 4.98 Å². The first kappa shape index (κ1) is 13.8. The van der Waals surface area contributed by atoms with Gasteiger partial charge in [-0.1, -0.05) is 11.6 Å². The van der Waals surface area contributed by atoms with Crippen LogP contribution in [0.5, 0.6) is 0 Å². The van der Waals surface area contributed by atoms with Gasteiger partial charge in [0.1, 0.15) is 5.69 Å². The van der Waals surface area contributed by atoms with E-state index in [-0.39, 0.29) is 5.97 Å². The number of halogens is 1. The highest BCUT2D eigenvalue weighted by Crippen LogP contribution is 2.39. The zero-order valence-electron chi connectivity index (χ0n) is 11.2. The third-order valence-corrected chi connectivity index (χ3v) is 4.94. The Morgan fingerprint density at radius 3 is 3.00 bits per heavy atom. The SMILES string of the molecule is CCOC(=O)c1[nH]c2ccc(Cl)cc2c1SCC1CC1. The van der Waals surface area contributed by atoms with Gasteiger partial charge in [-0.2, -0.15) is 0 Å². The van der Waals surface area contributed by atoms with Crippen LogP contribution in [-0.2, 0) is 4.74 Å². The van der Waals surface area contributed by atoms with Gasteiger partial charge in [-0.25, -0.2) is 4.79 Å². The fourth-order valence-electron chi connectivity index (χ4n) is 2.12. The van der Waals surface area contributed by atoms with Gasteiger partial charge in [-0.3, -0.25) is 0 Å². The molecule has 1 aromatic carbocycles. The fourth-order valence-corrected chi connectivity index (χ4v) is 3.63. The Morgan fingerprint density at radius 1 is 1.50 bits per heavy atom. The van der Waals surface area contributed by atoms with Crippen LogP contribution in [0.2, 0.25) is 5.02 Å². The average molecular weight is 310 g/mol. The van der Waals surface area contributed by atoms with Crippen LogP contribution >= 0.6 is 23.4 Å². The zero-order valence-corrected chi connectivity index (χ0v) is 12.8. The Balaban J connectivity index is 2.01. The van der Waals surface area contributed by atoms with Crippen LogP contribution in [0.4, 0.5) is 0 Å². The molecule has 1 heterocycles. The van der Waals surface area contributed by atoms with Crippen molar-refractivity contribution in [2.45, 2.75) is 24.7 Å². The number of carbonyl (C=O) groups excluding carboxylic acids is 1.